The molecule has 0 aliphatic heterocycles. The van der Waals surface area contributed by atoms with Gasteiger partial charge >= 0.3 is 0 Å². The van der Waals surface area contributed by atoms with Crippen LogP contribution in [0, 0.1) is 0 Å². The Hall–Kier alpha value is -2.43. The molecule has 3 rings (SSSR count). The van der Waals surface area contributed by atoms with Gasteiger partial charge in [-0.3, -0.25) is 4.98 Å². The summed E-state index contributed by atoms with van der Waals surface area (Å²) in [5.41, 5.74) is 8.33. The first kappa shape index (κ1) is 9.77. The number of hydrogen-bond acceptors (Lipinski definition) is 4. The zero-order valence-electron chi connectivity index (χ0n) is 9.33. The van der Waals surface area contributed by atoms with Gasteiger partial charge in [0.2, 0.25) is 0 Å². The maximum absolute atomic E-state index is 5.68. The molecule has 3 heterocycles. The molecule has 17 heavy (non-hydrogen) atoms. The number of nitrogen functional groups attached to an aromatic ring is 1. The van der Waals surface area contributed by atoms with Crippen LogP contribution in [0.5, 0.6) is 0 Å². The minimum Gasteiger partial charge on any atom is -0.384 e. The molecule has 0 spiro atoms. The van der Waals surface area contributed by atoms with E-state index in [1.807, 2.05) is 29.8 Å². The van der Waals surface area contributed by atoms with E-state index >= 15 is 0 Å². The Morgan fingerprint density at radius 3 is 2.82 bits per heavy atom. The molecule has 0 aromatic carbocycles. The van der Waals surface area contributed by atoms with Gasteiger partial charge in [-0.15, -0.1) is 0 Å². The van der Waals surface area contributed by atoms with Crippen LogP contribution in [0.25, 0.3) is 22.6 Å². The Morgan fingerprint density at radius 1 is 1.18 bits per heavy atom. The first-order valence-corrected chi connectivity index (χ1v) is 5.25. The fourth-order valence-electron chi connectivity index (χ4n) is 1.86. The van der Waals surface area contributed by atoms with Gasteiger partial charge in [0.15, 0.2) is 5.82 Å². The molecular formula is C12H11N5. The van der Waals surface area contributed by atoms with Crippen molar-refractivity contribution >= 4 is 16.9 Å². The number of aromatic nitrogens is 4. The lowest BCUT2D eigenvalue weighted by Gasteiger charge is -2.01. The minimum atomic E-state index is 0.493. The van der Waals surface area contributed by atoms with Gasteiger partial charge in [0.05, 0.1) is 11.7 Å². The number of hydrogen-bond donors (Lipinski definition) is 1. The molecule has 0 atom stereocenters. The number of anilines is 1. The van der Waals surface area contributed by atoms with Crippen LogP contribution >= 0.6 is 0 Å². The third kappa shape index (κ3) is 1.52. The summed E-state index contributed by atoms with van der Waals surface area (Å²) in [6.07, 6.45) is 3.49. The molecule has 0 fully saturated rings. The predicted molar refractivity (Wildman–Crippen MR) is 66.2 cm³/mol. The van der Waals surface area contributed by atoms with Crippen molar-refractivity contribution in [2.24, 2.45) is 7.05 Å². The number of pyridine rings is 2. The molecule has 0 saturated heterocycles. The van der Waals surface area contributed by atoms with Crippen LogP contribution in [0.2, 0.25) is 0 Å². The summed E-state index contributed by atoms with van der Waals surface area (Å²) in [6.45, 7) is 0. The molecule has 0 radical (unpaired) electrons. The van der Waals surface area contributed by atoms with Crippen LogP contribution in [0.4, 0.5) is 5.82 Å². The number of imidazole rings is 1. The minimum absolute atomic E-state index is 0.493. The van der Waals surface area contributed by atoms with E-state index in [-0.39, 0.29) is 0 Å². The summed E-state index contributed by atoms with van der Waals surface area (Å²) in [7, 11) is 1.95. The number of rotatable bonds is 1. The molecule has 0 amide bonds. The van der Waals surface area contributed by atoms with Crippen LogP contribution in [0.15, 0.2) is 36.7 Å². The summed E-state index contributed by atoms with van der Waals surface area (Å²) in [5, 5.41) is 0. The molecule has 0 saturated carbocycles. The number of fused-ring (bicyclic) bond motifs is 1. The second-order valence-corrected chi connectivity index (χ2v) is 3.81. The van der Waals surface area contributed by atoms with Gasteiger partial charge in [0.1, 0.15) is 17.0 Å². The molecule has 0 aliphatic rings. The van der Waals surface area contributed by atoms with Crippen molar-refractivity contribution in [3.63, 3.8) is 0 Å². The Bertz CT molecular complexity index is 686. The normalized spacial score (nSPS) is 10.9. The number of nitrogens with zero attached hydrogens (tertiary/aromatic N) is 4. The van der Waals surface area contributed by atoms with Gasteiger partial charge in [-0.2, -0.15) is 0 Å². The van der Waals surface area contributed by atoms with Crippen LogP contribution in [0.1, 0.15) is 0 Å². The van der Waals surface area contributed by atoms with Crippen LogP contribution in [-0.4, -0.2) is 19.5 Å². The Balaban J connectivity index is 2.27. The third-order valence-corrected chi connectivity index (χ3v) is 2.68. The van der Waals surface area contributed by atoms with Gasteiger partial charge in [-0.05, 0) is 18.2 Å². The Kier molecular flexibility index (Phi) is 2.04. The van der Waals surface area contributed by atoms with Gasteiger partial charge < -0.3 is 10.3 Å². The highest BCUT2D eigenvalue weighted by molar-refractivity contribution is 5.78. The second-order valence-electron chi connectivity index (χ2n) is 3.81. The van der Waals surface area contributed by atoms with E-state index in [1.54, 1.807) is 18.5 Å². The summed E-state index contributed by atoms with van der Waals surface area (Å²) in [6, 6.07) is 7.45. The standard InChI is InChI=1S/C12H11N5/c1-17-10-5-6-14-7-9(10)16-12(17)8-3-2-4-11(13)15-8/h2-7H,1H3,(H2,13,15). The van der Waals surface area contributed by atoms with E-state index in [0.29, 0.717) is 5.82 Å². The SMILES string of the molecule is Cn1c(-c2cccc(N)n2)nc2cnccc21. The van der Waals surface area contributed by atoms with Gasteiger partial charge in [0, 0.05) is 13.2 Å². The van der Waals surface area contributed by atoms with E-state index in [2.05, 4.69) is 15.0 Å². The maximum atomic E-state index is 5.68. The molecule has 0 unspecified atom stereocenters. The summed E-state index contributed by atoms with van der Waals surface area (Å²) in [5.74, 6) is 1.29. The van der Waals surface area contributed by atoms with E-state index in [9.17, 15) is 0 Å². The van der Waals surface area contributed by atoms with Crippen molar-refractivity contribution in [1.29, 1.82) is 0 Å². The number of nitrogens with two attached hydrogens (primary N) is 1. The first-order valence-electron chi connectivity index (χ1n) is 5.25. The topological polar surface area (TPSA) is 69.6 Å². The van der Waals surface area contributed by atoms with E-state index < -0.39 is 0 Å². The third-order valence-electron chi connectivity index (χ3n) is 2.68. The monoisotopic (exact) mass is 225 g/mol. The van der Waals surface area contributed by atoms with Crippen molar-refractivity contribution in [3.8, 4) is 11.5 Å². The van der Waals surface area contributed by atoms with Crippen molar-refractivity contribution in [2.75, 3.05) is 5.73 Å². The van der Waals surface area contributed by atoms with Gasteiger partial charge in [0.25, 0.3) is 0 Å². The smallest absolute Gasteiger partial charge is 0.159 e. The van der Waals surface area contributed by atoms with Crippen molar-refractivity contribution in [2.45, 2.75) is 0 Å². The fourth-order valence-corrected chi connectivity index (χ4v) is 1.86. The van der Waals surface area contributed by atoms with Crippen LogP contribution < -0.4 is 5.73 Å². The molecule has 5 nitrogen and oxygen atoms in total. The van der Waals surface area contributed by atoms with E-state index in [0.717, 1.165) is 22.6 Å². The van der Waals surface area contributed by atoms with Gasteiger partial charge in [-0.25, -0.2) is 9.97 Å². The summed E-state index contributed by atoms with van der Waals surface area (Å²) < 4.78 is 1.98. The molecule has 0 bridgehead atoms. The Morgan fingerprint density at radius 2 is 2.06 bits per heavy atom. The second kappa shape index (κ2) is 3.55. The van der Waals surface area contributed by atoms with Crippen LogP contribution in [0.3, 0.4) is 0 Å². The highest BCUT2D eigenvalue weighted by atomic mass is 15.1. The van der Waals surface area contributed by atoms with Crippen molar-refractivity contribution in [1.82, 2.24) is 19.5 Å². The molecule has 0 aliphatic carbocycles. The highest BCUT2D eigenvalue weighted by Crippen LogP contribution is 2.21. The molecular weight excluding hydrogens is 214 g/mol. The van der Waals surface area contributed by atoms with E-state index in [1.165, 1.54) is 0 Å². The lowest BCUT2D eigenvalue weighted by atomic mass is 10.3. The molecule has 3 aromatic rings. The first-order chi connectivity index (χ1) is 8.25. The number of aryl methyl sites for hydroxylation is 1. The molecule has 5 heteroatoms. The lowest BCUT2D eigenvalue weighted by Crippen LogP contribution is -1.97. The Labute approximate surface area is 98.0 Å². The largest absolute Gasteiger partial charge is 0.384 e. The summed E-state index contributed by atoms with van der Waals surface area (Å²) in [4.78, 5) is 12.8. The van der Waals surface area contributed by atoms with Crippen molar-refractivity contribution in [3.05, 3.63) is 36.7 Å². The molecule has 3 aromatic heterocycles. The lowest BCUT2D eigenvalue weighted by molar-refractivity contribution is 0.950. The average molecular weight is 225 g/mol. The molecule has 84 valence electrons. The highest BCUT2D eigenvalue weighted by Gasteiger charge is 2.10. The van der Waals surface area contributed by atoms with E-state index in [4.69, 9.17) is 5.73 Å². The average Bonchev–Trinajstić information content (AvgIpc) is 2.68. The zero-order valence-corrected chi connectivity index (χ0v) is 9.33. The molecule has 2 N–H and O–H groups in total. The van der Waals surface area contributed by atoms with Crippen LogP contribution in [-0.2, 0) is 7.05 Å². The zero-order chi connectivity index (χ0) is 11.8. The summed E-state index contributed by atoms with van der Waals surface area (Å²) >= 11 is 0. The maximum Gasteiger partial charge on any atom is 0.159 e. The van der Waals surface area contributed by atoms with Gasteiger partial charge in [-0.1, -0.05) is 6.07 Å². The predicted octanol–water partition coefficient (Wildman–Crippen LogP) is 1.61. The fraction of sp³-hybridized carbons (Fsp3) is 0.0833. The van der Waals surface area contributed by atoms with Crippen molar-refractivity contribution < 1.29 is 0 Å². The quantitative estimate of drug-likeness (QED) is 0.683.